The second kappa shape index (κ2) is 9.11. The Morgan fingerprint density at radius 3 is 2.93 bits per heavy atom. The Morgan fingerprint density at radius 1 is 1.10 bits per heavy atom. The van der Waals surface area contributed by atoms with Crippen LogP contribution >= 0.6 is 0 Å². The molecule has 0 aliphatic rings. The minimum absolute atomic E-state index is 0.162. The van der Waals surface area contributed by atoms with E-state index in [9.17, 15) is 9.90 Å². The molecule has 0 amide bonds. The molecule has 0 aliphatic heterocycles. The van der Waals surface area contributed by atoms with Crippen LogP contribution in [0.4, 0.5) is 11.4 Å². The molecule has 0 aliphatic carbocycles. The molecule has 0 atom stereocenters. The maximum Gasteiger partial charge on any atom is 0.293 e. The average molecular weight is 403 g/mol. The van der Waals surface area contributed by atoms with E-state index in [1.54, 1.807) is 18.3 Å². The Balaban J connectivity index is 1.58. The molecule has 4 rings (SSSR count). The van der Waals surface area contributed by atoms with Gasteiger partial charge in [0, 0.05) is 35.1 Å². The smallest absolute Gasteiger partial charge is 0.293 e. The average Bonchev–Trinajstić information content (AvgIpc) is 3.23. The standard InChI is InChI=1S/C23H21N3O4/c27-15-30-10-9-29-14-23-22(5-2-7-24-23)26-17-11-16(12-18(28)13-17)19-3-1-4-21-20(19)6-8-25-21/h1-8,11-13,15,25-26,28H,9-10,14H2. The van der Waals surface area contributed by atoms with Crippen molar-refractivity contribution in [2.45, 2.75) is 6.61 Å². The van der Waals surface area contributed by atoms with Crippen LogP contribution in [0.2, 0.25) is 0 Å². The van der Waals surface area contributed by atoms with Gasteiger partial charge in [-0.1, -0.05) is 12.1 Å². The lowest BCUT2D eigenvalue weighted by molar-refractivity contribution is -0.130. The third-order valence-electron chi connectivity index (χ3n) is 4.65. The molecule has 4 aromatic rings. The SMILES string of the molecule is O=COCCOCc1ncccc1Nc1cc(O)cc(-c2cccc3[nH]ccc23)c1. The molecule has 2 heterocycles. The van der Waals surface area contributed by atoms with Gasteiger partial charge in [0.15, 0.2) is 0 Å². The van der Waals surface area contributed by atoms with Crippen molar-refractivity contribution in [2.75, 3.05) is 18.5 Å². The van der Waals surface area contributed by atoms with Crippen LogP contribution in [0, 0.1) is 0 Å². The number of nitrogens with one attached hydrogen (secondary N) is 2. The number of carbonyl (C=O) groups excluding carboxylic acids is 1. The van der Waals surface area contributed by atoms with Gasteiger partial charge in [-0.2, -0.15) is 0 Å². The van der Waals surface area contributed by atoms with Crippen molar-refractivity contribution < 1.29 is 19.4 Å². The van der Waals surface area contributed by atoms with Gasteiger partial charge in [0.1, 0.15) is 12.4 Å². The number of pyridine rings is 1. The van der Waals surface area contributed by atoms with Crippen LogP contribution in [0.5, 0.6) is 5.75 Å². The number of phenols is 1. The zero-order valence-corrected chi connectivity index (χ0v) is 16.2. The number of H-pyrrole nitrogens is 1. The van der Waals surface area contributed by atoms with Crippen molar-refractivity contribution in [3.05, 3.63) is 72.7 Å². The number of ether oxygens (including phenoxy) is 2. The number of hydrogen-bond donors (Lipinski definition) is 3. The van der Waals surface area contributed by atoms with Gasteiger partial charge >= 0.3 is 0 Å². The van der Waals surface area contributed by atoms with Crippen molar-refractivity contribution in [2.24, 2.45) is 0 Å². The molecule has 7 nitrogen and oxygen atoms in total. The lowest BCUT2D eigenvalue weighted by Crippen LogP contribution is -2.06. The zero-order chi connectivity index (χ0) is 20.8. The molecule has 0 fully saturated rings. The number of benzene rings is 2. The first-order chi connectivity index (χ1) is 14.7. The minimum atomic E-state index is 0.162. The van der Waals surface area contributed by atoms with E-state index >= 15 is 0 Å². The maximum atomic E-state index is 10.3. The topological polar surface area (TPSA) is 96.5 Å². The van der Waals surface area contributed by atoms with E-state index in [2.05, 4.69) is 20.0 Å². The van der Waals surface area contributed by atoms with Gasteiger partial charge in [-0.05, 0) is 47.5 Å². The highest BCUT2D eigenvalue weighted by atomic mass is 16.5. The van der Waals surface area contributed by atoms with Crippen LogP contribution < -0.4 is 5.32 Å². The Bertz CT molecular complexity index is 1160. The predicted octanol–water partition coefficient (Wildman–Crippen LogP) is 4.37. The monoisotopic (exact) mass is 403 g/mol. The molecule has 2 aromatic heterocycles. The molecule has 30 heavy (non-hydrogen) atoms. The maximum absolute atomic E-state index is 10.3. The normalized spacial score (nSPS) is 10.8. The van der Waals surface area contributed by atoms with Gasteiger partial charge in [-0.15, -0.1) is 0 Å². The van der Waals surface area contributed by atoms with Crippen molar-refractivity contribution in [3.63, 3.8) is 0 Å². The van der Waals surface area contributed by atoms with Gasteiger partial charge in [0.05, 0.1) is 24.6 Å². The number of phenolic OH excluding ortho intramolecular Hbond substituents is 1. The summed E-state index contributed by atoms with van der Waals surface area (Å²) in [6.07, 6.45) is 3.59. The Kier molecular flexibility index (Phi) is 5.91. The van der Waals surface area contributed by atoms with E-state index < -0.39 is 0 Å². The van der Waals surface area contributed by atoms with Crippen LogP contribution in [-0.4, -0.2) is 34.8 Å². The third kappa shape index (κ3) is 4.42. The second-order valence-electron chi connectivity index (χ2n) is 6.66. The summed E-state index contributed by atoms with van der Waals surface area (Å²) in [4.78, 5) is 17.8. The van der Waals surface area contributed by atoms with E-state index in [4.69, 9.17) is 4.74 Å². The second-order valence-corrected chi connectivity index (χ2v) is 6.66. The number of carbonyl (C=O) groups is 1. The van der Waals surface area contributed by atoms with Crippen molar-refractivity contribution >= 4 is 28.7 Å². The van der Waals surface area contributed by atoms with E-state index in [1.807, 2.05) is 48.7 Å². The summed E-state index contributed by atoms with van der Waals surface area (Å²) in [6, 6.07) is 17.2. The summed E-state index contributed by atoms with van der Waals surface area (Å²) >= 11 is 0. The van der Waals surface area contributed by atoms with Gasteiger partial charge in [-0.25, -0.2) is 0 Å². The fraction of sp³-hybridized carbons (Fsp3) is 0.130. The molecule has 0 saturated heterocycles. The van der Waals surface area contributed by atoms with E-state index in [0.717, 1.165) is 33.4 Å². The summed E-state index contributed by atoms with van der Waals surface area (Å²) in [5.74, 6) is 0.162. The zero-order valence-electron chi connectivity index (χ0n) is 16.2. The van der Waals surface area contributed by atoms with E-state index in [0.29, 0.717) is 12.2 Å². The molecule has 3 N–H and O–H groups in total. The van der Waals surface area contributed by atoms with Gasteiger partial charge < -0.3 is 24.9 Å². The number of nitrogens with zero attached hydrogens (tertiary/aromatic N) is 1. The molecule has 0 spiro atoms. The van der Waals surface area contributed by atoms with Gasteiger partial charge in [0.25, 0.3) is 6.47 Å². The Labute approximate surface area is 173 Å². The summed E-state index contributed by atoms with van der Waals surface area (Å²) in [6.45, 7) is 1.13. The lowest BCUT2D eigenvalue weighted by Gasteiger charge is -2.13. The highest BCUT2D eigenvalue weighted by molar-refractivity contribution is 5.96. The number of hydrogen-bond acceptors (Lipinski definition) is 6. The molecule has 0 unspecified atom stereocenters. The van der Waals surface area contributed by atoms with Gasteiger partial charge in [-0.3, -0.25) is 9.78 Å². The Morgan fingerprint density at radius 2 is 2.03 bits per heavy atom. The molecule has 0 bridgehead atoms. The van der Waals surface area contributed by atoms with Crippen molar-refractivity contribution in [3.8, 4) is 16.9 Å². The number of aromatic nitrogens is 2. The highest BCUT2D eigenvalue weighted by Crippen LogP contribution is 2.34. The highest BCUT2D eigenvalue weighted by Gasteiger charge is 2.10. The molecule has 2 aromatic carbocycles. The van der Waals surface area contributed by atoms with E-state index in [-0.39, 0.29) is 25.6 Å². The molecule has 7 heteroatoms. The summed E-state index contributed by atoms with van der Waals surface area (Å²) < 4.78 is 10.1. The van der Waals surface area contributed by atoms with Crippen LogP contribution in [0.3, 0.4) is 0 Å². The quantitative estimate of drug-likeness (QED) is 0.284. The number of aromatic hydroxyl groups is 1. The minimum Gasteiger partial charge on any atom is -0.508 e. The summed E-state index contributed by atoms with van der Waals surface area (Å²) in [5.41, 5.74) is 5.17. The first-order valence-electron chi connectivity index (χ1n) is 9.49. The summed E-state index contributed by atoms with van der Waals surface area (Å²) in [7, 11) is 0. The first kappa shape index (κ1) is 19.5. The first-order valence-corrected chi connectivity index (χ1v) is 9.49. The summed E-state index contributed by atoms with van der Waals surface area (Å²) in [5, 5.41) is 14.7. The molecule has 0 radical (unpaired) electrons. The third-order valence-corrected chi connectivity index (χ3v) is 4.65. The van der Waals surface area contributed by atoms with Crippen molar-refractivity contribution in [1.29, 1.82) is 0 Å². The predicted molar refractivity (Wildman–Crippen MR) is 115 cm³/mol. The lowest BCUT2D eigenvalue weighted by atomic mass is 10.0. The fourth-order valence-electron chi connectivity index (χ4n) is 3.32. The Hall–Kier alpha value is -3.84. The largest absolute Gasteiger partial charge is 0.508 e. The fourth-order valence-corrected chi connectivity index (χ4v) is 3.32. The van der Waals surface area contributed by atoms with Crippen LogP contribution in [-0.2, 0) is 20.9 Å². The number of anilines is 2. The van der Waals surface area contributed by atoms with Crippen LogP contribution in [0.1, 0.15) is 5.69 Å². The molecular weight excluding hydrogens is 382 g/mol. The number of fused-ring (bicyclic) bond motifs is 1. The van der Waals surface area contributed by atoms with Crippen LogP contribution in [0.25, 0.3) is 22.0 Å². The molecular formula is C23H21N3O4. The van der Waals surface area contributed by atoms with Crippen molar-refractivity contribution in [1.82, 2.24) is 9.97 Å². The van der Waals surface area contributed by atoms with Gasteiger partial charge in [0.2, 0.25) is 0 Å². The number of rotatable bonds is 9. The number of aromatic amines is 1. The molecule has 152 valence electrons. The molecule has 0 saturated carbocycles. The van der Waals surface area contributed by atoms with Crippen LogP contribution in [0.15, 0.2) is 67.0 Å². The van der Waals surface area contributed by atoms with E-state index in [1.165, 1.54) is 0 Å².